The van der Waals surface area contributed by atoms with Crippen molar-refractivity contribution in [2.75, 3.05) is 19.3 Å². The van der Waals surface area contributed by atoms with Gasteiger partial charge in [-0.2, -0.15) is 4.31 Å². The van der Waals surface area contributed by atoms with Gasteiger partial charge in [0, 0.05) is 19.1 Å². The lowest BCUT2D eigenvalue weighted by atomic mass is 9.90. The zero-order valence-electron chi connectivity index (χ0n) is 12.0. The summed E-state index contributed by atoms with van der Waals surface area (Å²) in [6.45, 7) is 4.31. The molecule has 1 fully saturated rings. The van der Waals surface area contributed by atoms with E-state index in [1.165, 1.54) is 12.8 Å². The van der Waals surface area contributed by atoms with E-state index in [-0.39, 0.29) is 17.2 Å². The van der Waals surface area contributed by atoms with E-state index < -0.39 is 10.0 Å². The molecule has 0 atom stereocenters. The van der Waals surface area contributed by atoms with Gasteiger partial charge in [-0.3, -0.25) is 0 Å². The monoisotopic (exact) mass is 276 g/mol. The first-order valence-corrected chi connectivity index (χ1v) is 8.62. The predicted molar refractivity (Wildman–Crippen MR) is 75.9 cm³/mol. The minimum Gasteiger partial charge on any atom is -0.329 e. The van der Waals surface area contributed by atoms with E-state index in [0.717, 1.165) is 25.7 Å². The molecule has 0 radical (unpaired) electrons. The number of sulfonamides is 1. The van der Waals surface area contributed by atoms with Gasteiger partial charge in [-0.25, -0.2) is 8.42 Å². The zero-order valence-corrected chi connectivity index (χ0v) is 12.8. The van der Waals surface area contributed by atoms with Crippen LogP contribution in [0, 0.1) is 5.92 Å². The third kappa shape index (κ3) is 3.68. The largest absolute Gasteiger partial charge is 0.329 e. The number of nitrogens with zero attached hydrogens (tertiary/aromatic N) is 1. The van der Waals surface area contributed by atoms with Crippen LogP contribution in [0.15, 0.2) is 0 Å². The molecule has 0 spiro atoms. The lowest BCUT2D eigenvalue weighted by molar-refractivity contribution is 0.195. The third-order valence-electron chi connectivity index (χ3n) is 4.04. The highest BCUT2D eigenvalue weighted by atomic mass is 32.2. The highest BCUT2D eigenvalue weighted by Crippen LogP contribution is 2.33. The molecule has 0 aromatic heterocycles. The summed E-state index contributed by atoms with van der Waals surface area (Å²) in [5.41, 5.74) is 5.59. The van der Waals surface area contributed by atoms with Gasteiger partial charge in [-0.05, 0) is 18.8 Å². The second-order valence-electron chi connectivity index (χ2n) is 5.98. The highest BCUT2D eigenvalue weighted by Gasteiger charge is 2.39. The summed E-state index contributed by atoms with van der Waals surface area (Å²) < 4.78 is 26.4. The second kappa shape index (κ2) is 6.35. The van der Waals surface area contributed by atoms with Crippen LogP contribution in [0.5, 0.6) is 0 Å². The first kappa shape index (κ1) is 15.9. The van der Waals surface area contributed by atoms with Crippen LogP contribution in [0.25, 0.3) is 0 Å². The molecule has 18 heavy (non-hydrogen) atoms. The molecule has 0 aromatic rings. The van der Waals surface area contributed by atoms with E-state index in [2.05, 4.69) is 0 Å². The van der Waals surface area contributed by atoms with Crippen molar-refractivity contribution in [1.82, 2.24) is 4.31 Å². The molecule has 1 rings (SSSR count). The molecule has 0 aliphatic heterocycles. The van der Waals surface area contributed by atoms with E-state index in [4.69, 9.17) is 5.73 Å². The highest BCUT2D eigenvalue weighted by molar-refractivity contribution is 7.89. The molecule has 2 N–H and O–H groups in total. The fraction of sp³-hybridized carbons (Fsp3) is 1.00. The van der Waals surface area contributed by atoms with Gasteiger partial charge in [0.05, 0.1) is 5.75 Å². The molecule has 0 saturated heterocycles. The Morgan fingerprint density at radius 3 is 2.06 bits per heavy atom. The zero-order chi connectivity index (χ0) is 13.8. The maximum Gasteiger partial charge on any atom is 0.214 e. The molecule has 0 amide bonds. The maximum absolute atomic E-state index is 12.4. The molecule has 0 heterocycles. The first-order valence-electron chi connectivity index (χ1n) is 7.01. The number of likely N-dealkylation sites (N-methyl/N-ethyl adjacent to an activating group) is 1. The Labute approximate surface area is 112 Å². The number of hydrogen-bond donors (Lipinski definition) is 1. The summed E-state index contributed by atoms with van der Waals surface area (Å²) in [4.78, 5) is 0. The average Bonchev–Trinajstić information content (AvgIpc) is 2.52. The topological polar surface area (TPSA) is 63.4 Å². The quantitative estimate of drug-likeness (QED) is 0.781. The summed E-state index contributed by atoms with van der Waals surface area (Å²) in [5, 5.41) is 0. The third-order valence-corrected chi connectivity index (χ3v) is 6.35. The van der Waals surface area contributed by atoms with Crippen LogP contribution < -0.4 is 5.73 Å². The van der Waals surface area contributed by atoms with Crippen molar-refractivity contribution in [2.24, 2.45) is 11.7 Å². The van der Waals surface area contributed by atoms with Crippen molar-refractivity contribution in [1.29, 1.82) is 0 Å². The number of hydrogen-bond acceptors (Lipinski definition) is 3. The molecule has 1 aliphatic carbocycles. The fourth-order valence-corrected chi connectivity index (χ4v) is 4.78. The Bertz CT molecular complexity index is 344. The standard InChI is InChI=1S/C13H28N2O2S/c1-12(2)10-18(16,17)15(3)13(11-14)8-6-4-5-7-9-13/h12H,4-11,14H2,1-3H3. The van der Waals surface area contributed by atoms with Gasteiger partial charge in [-0.15, -0.1) is 0 Å². The smallest absolute Gasteiger partial charge is 0.214 e. The average molecular weight is 276 g/mol. The van der Waals surface area contributed by atoms with Crippen molar-refractivity contribution in [3.05, 3.63) is 0 Å². The lowest BCUT2D eigenvalue weighted by Crippen LogP contribution is -2.54. The maximum atomic E-state index is 12.4. The lowest BCUT2D eigenvalue weighted by Gasteiger charge is -2.40. The first-order chi connectivity index (χ1) is 8.34. The van der Waals surface area contributed by atoms with Crippen LogP contribution >= 0.6 is 0 Å². The Morgan fingerprint density at radius 2 is 1.67 bits per heavy atom. The summed E-state index contributed by atoms with van der Waals surface area (Å²) in [5.74, 6) is 0.365. The Balaban J connectivity index is 2.92. The second-order valence-corrected chi connectivity index (χ2v) is 8.03. The van der Waals surface area contributed by atoms with Gasteiger partial charge >= 0.3 is 0 Å². The van der Waals surface area contributed by atoms with Gasteiger partial charge in [-0.1, -0.05) is 39.5 Å². The summed E-state index contributed by atoms with van der Waals surface area (Å²) in [6, 6.07) is 0. The van der Waals surface area contributed by atoms with Crippen LogP contribution in [0.2, 0.25) is 0 Å². The normalized spacial score (nSPS) is 21.2. The molecular weight excluding hydrogens is 248 g/mol. The predicted octanol–water partition coefficient (Wildman–Crippen LogP) is 1.96. The van der Waals surface area contributed by atoms with Gasteiger partial charge in [0.1, 0.15) is 0 Å². The van der Waals surface area contributed by atoms with Crippen molar-refractivity contribution >= 4 is 10.0 Å². The van der Waals surface area contributed by atoms with Crippen molar-refractivity contribution in [2.45, 2.75) is 57.9 Å². The van der Waals surface area contributed by atoms with E-state index in [0.29, 0.717) is 6.54 Å². The molecule has 0 aromatic carbocycles. The molecule has 108 valence electrons. The van der Waals surface area contributed by atoms with Crippen molar-refractivity contribution < 1.29 is 8.42 Å². The molecule has 4 nitrogen and oxygen atoms in total. The minimum atomic E-state index is -3.19. The molecular formula is C13H28N2O2S. The minimum absolute atomic E-state index is 0.151. The Kier molecular flexibility index (Phi) is 5.62. The van der Waals surface area contributed by atoms with Crippen LogP contribution in [-0.4, -0.2) is 37.6 Å². The Hall–Kier alpha value is -0.130. The summed E-state index contributed by atoms with van der Waals surface area (Å²) >= 11 is 0. The number of rotatable bonds is 5. The van der Waals surface area contributed by atoms with Crippen LogP contribution in [0.1, 0.15) is 52.4 Å². The van der Waals surface area contributed by atoms with Crippen LogP contribution in [-0.2, 0) is 10.0 Å². The molecule has 0 unspecified atom stereocenters. The van der Waals surface area contributed by atoms with E-state index >= 15 is 0 Å². The van der Waals surface area contributed by atoms with E-state index in [9.17, 15) is 8.42 Å². The molecule has 1 saturated carbocycles. The van der Waals surface area contributed by atoms with Crippen molar-refractivity contribution in [3.8, 4) is 0 Å². The molecule has 5 heteroatoms. The van der Waals surface area contributed by atoms with Gasteiger partial charge in [0.2, 0.25) is 10.0 Å². The summed E-state index contributed by atoms with van der Waals surface area (Å²) in [6.07, 6.45) is 6.35. The van der Waals surface area contributed by atoms with Gasteiger partial charge in [0.25, 0.3) is 0 Å². The van der Waals surface area contributed by atoms with Gasteiger partial charge in [0.15, 0.2) is 0 Å². The van der Waals surface area contributed by atoms with E-state index in [1.807, 2.05) is 13.8 Å². The van der Waals surface area contributed by atoms with Gasteiger partial charge < -0.3 is 5.73 Å². The summed E-state index contributed by atoms with van der Waals surface area (Å²) in [7, 11) is -1.47. The fourth-order valence-electron chi connectivity index (χ4n) is 2.86. The van der Waals surface area contributed by atoms with E-state index in [1.54, 1.807) is 11.4 Å². The number of nitrogens with two attached hydrogens (primary N) is 1. The Morgan fingerprint density at radius 1 is 1.17 bits per heavy atom. The molecule has 0 bridgehead atoms. The van der Waals surface area contributed by atoms with Crippen molar-refractivity contribution in [3.63, 3.8) is 0 Å². The SMILES string of the molecule is CC(C)CS(=O)(=O)N(C)C1(CN)CCCCCC1. The van der Waals surface area contributed by atoms with Crippen LogP contribution in [0.3, 0.4) is 0 Å². The molecule has 1 aliphatic rings. The van der Waals surface area contributed by atoms with Crippen LogP contribution in [0.4, 0.5) is 0 Å².